The van der Waals surface area contributed by atoms with Crippen LogP contribution < -0.4 is 16.6 Å². The van der Waals surface area contributed by atoms with Gasteiger partial charge in [0.1, 0.15) is 6.54 Å². The van der Waals surface area contributed by atoms with E-state index < -0.39 is 17.2 Å². The third-order valence-electron chi connectivity index (χ3n) is 4.40. The molecule has 144 valence electrons. The lowest BCUT2D eigenvalue weighted by atomic mass is 10.1. The van der Waals surface area contributed by atoms with Gasteiger partial charge in [0.15, 0.2) is 0 Å². The number of carbonyl (C=O) groups excluding carboxylic acids is 1. The fourth-order valence-electron chi connectivity index (χ4n) is 3.03. The Balaban J connectivity index is 1.84. The number of rotatable bonds is 5. The van der Waals surface area contributed by atoms with Crippen LogP contribution in [0.2, 0.25) is 0 Å². The molecular weight excluding hydrogens is 422 g/mol. The minimum atomic E-state index is -0.518. The van der Waals surface area contributed by atoms with Gasteiger partial charge in [0.05, 0.1) is 6.54 Å². The van der Waals surface area contributed by atoms with Crippen molar-refractivity contribution in [3.05, 3.63) is 96.7 Å². The molecule has 3 aromatic rings. The first kappa shape index (κ1) is 19.8. The molecule has 1 heterocycles. The second kappa shape index (κ2) is 8.39. The predicted octanol–water partition coefficient (Wildman–Crippen LogP) is 3.08. The quantitative estimate of drug-likeness (QED) is 0.660. The number of carbonyl (C=O) groups is 1. The molecule has 0 aliphatic carbocycles. The van der Waals surface area contributed by atoms with Crippen molar-refractivity contribution in [3.8, 4) is 0 Å². The molecule has 6 nitrogen and oxygen atoms in total. The SMILES string of the molecule is Cc1cc(Br)cc(C)c1NC(=O)Cn1c(=O)ccn(Cc2ccccc2)c1=O. The average Bonchev–Trinajstić information content (AvgIpc) is 2.65. The number of anilines is 1. The number of aryl methyl sites for hydroxylation is 2. The Labute approximate surface area is 170 Å². The van der Waals surface area contributed by atoms with Crippen LogP contribution in [-0.4, -0.2) is 15.0 Å². The average molecular weight is 442 g/mol. The molecule has 0 spiro atoms. The number of halogens is 1. The highest BCUT2D eigenvalue weighted by Crippen LogP contribution is 2.25. The molecule has 2 aromatic carbocycles. The molecule has 1 N–H and O–H groups in total. The molecule has 3 rings (SSSR count). The molecule has 1 aromatic heterocycles. The number of nitrogens with zero attached hydrogens (tertiary/aromatic N) is 2. The lowest BCUT2D eigenvalue weighted by Gasteiger charge is -2.14. The summed E-state index contributed by atoms with van der Waals surface area (Å²) in [5.74, 6) is -0.426. The van der Waals surface area contributed by atoms with Gasteiger partial charge in [-0.05, 0) is 42.7 Å². The first-order valence-corrected chi connectivity index (χ1v) is 9.55. The molecule has 0 aliphatic rings. The zero-order chi connectivity index (χ0) is 20.3. The Morgan fingerprint density at radius 3 is 2.32 bits per heavy atom. The van der Waals surface area contributed by atoms with E-state index in [1.807, 2.05) is 56.3 Å². The Morgan fingerprint density at radius 2 is 1.68 bits per heavy atom. The smallest absolute Gasteiger partial charge is 0.324 e. The summed E-state index contributed by atoms with van der Waals surface area (Å²) in [5.41, 5.74) is 2.37. The topological polar surface area (TPSA) is 73.1 Å². The number of nitrogens with one attached hydrogen (secondary N) is 1. The molecule has 0 aliphatic heterocycles. The first-order valence-electron chi connectivity index (χ1n) is 8.76. The highest BCUT2D eigenvalue weighted by atomic mass is 79.9. The Morgan fingerprint density at radius 1 is 1.04 bits per heavy atom. The summed E-state index contributed by atoms with van der Waals surface area (Å²) >= 11 is 3.42. The summed E-state index contributed by atoms with van der Waals surface area (Å²) in [4.78, 5) is 37.4. The van der Waals surface area contributed by atoms with Crippen molar-refractivity contribution in [1.82, 2.24) is 9.13 Å². The fraction of sp³-hybridized carbons (Fsp3) is 0.190. The summed E-state index contributed by atoms with van der Waals surface area (Å²) in [6, 6.07) is 14.5. The van der Waals surface area contributed by atoms with Crippen LogP contribution in [0.15, 0.2) is 68.8 Å². The van der Waals surface area contributed by atoms with Crippen molar-refractivity contribution < 1.29 is 4.79 Å². The van der Waals surface area contributed by atoms with E-state index >= 15 is 0 Å². The standard InChI is InChI=1S/C21H20BrN3O3/c1-14-10-17(22)11-15(2)20(14)23-18(26)13-25-19(27)8-9-24(21(25)28)12-16-6-4-3-5-7-16/h3-11H,12-13H2,1-2H3,(H,23,26). The van der Waals surface area contributed by atoms with Crippen molar-refractivity contribution in [3.63, 3.8) is 0 Å². The van der Waals surface area contributed by atoms with Gasteiger partial charge in [0.25, 0.3) is 5.56 Å². The summed E-state index contributed by atoms with van der Waals surface area (Å²) in [6.45, 7) is 3.75. The highest BCUT2D eigenvalue weighted by molar-refractivity contribution is 9.10. The van der Waals surface area contributed by atoms with Crippen molar-refractivity contribution in [2.75, 3.05) is 5.32 Å². The molecule has 0 unspecified atom stereocenters. The van der Waals surface area contributed by atoms with Crippen molar-refractivity contribution >= 4 is 27.5 Å². The lowest BCUT2D eigenvalue weighted by molar-refractivity contribution is -0.116. The van der Waals surface area contributed by atoms with Crippen LogP contribution in [0.3, 0.4) is 0 Å². The summed E-state index contributed by atoms with van der Waals surface area (Å²) in [5, 5.41) is 2.81. The summed E-state index contributed by atoms with van der Waals surface area (Å²) in [6.07, 6.45) is 1.45. The third-order valence-corrected chi connectivity index (χ3v) is 4.86. The molecule has 0 bridgehead atoms. The second-order valence-electron chi connectivity index (χ2n) is 6.60. The van der Waals surface area contributed by atoms with E-state index in [0.29, 0.717) is 12.2 Å². The van der Waals surface area contributed by atoms with Gasteiger partial charge < -0.3 is 5.32 Å². The van der Waals surface area contributed by atoms with Crippen LogP contribution in [0.1, 0.15) is 16.7 Å². The van der Waals surface area contributed by atoms with Gasteiger partial charge in [-0.15, -0.1) is 0 Å². The predicted molar refractivity (Wildman–Crippen MR) is 113 cm³/mol. The molecule has 0 radical (unpaired) electrons. The zero-order valence-electron chi connectivity index (χ0n) is 15.6. The maximum absolute atomic E-state index is 12.7. The van der Waals surface area contributed by atoms with Crippen LogP contribution in [-0.2, 0) is 17.9 Å². The van der Waals surface area contributed by atoms with E-state index in [4.69, 9.17) is 0 Å². The van der Waals surface area contributed by atoms with Crippen molar-refractivity contribution in [1.29, 1.82) is 0 Å². The minimum absolute atomic E-state index is 0.326. The Bertz CT molecular complexity index is 1110. The van der Waals surface area contributed by atoms with Crippen molar-refractivity contribution in [2.24, 2.45) is 0 Å². The maximum Gasteiger partial charge on any atom is 0.331 e. The first-order chi connectivity index (χ1) is 13.3. The van der Waals surface area contributed by atoms with Gasteiger partial charge in [-0.25, -0.2) is 4.79 Å². The summed E-state index contributed by atoms with van der Waals surface area (Å²) in [7, 11) is 0. The molecule has 1 amide bonds. The van der Waals surface area contributed by atoms with Gasteiger partial charge in [-0.1, -0.05) is 46.3 Å². The normalized spacial score (nSPS) is 10.7. The van der Waals surface area contributed by atoms with E-state index in [-0.39, 0.29) is 6.54 Å². The van der Waals surface area contributed by atoms with E-state index in [2.05, 4.69) is 21.2 Å². The van der Waals surface area contributed by atoms with Gasteiger partial charge in [-0.3, -0.25) is 18.7 Å². The fourth-order valence-corrected chi connectivity index (χ4v) is 3.72. The van der Waals surface area contributed by atoms with Gasteiger partial charge in [0, 0.05) is 22.4 Å². The molecular formula is C21H20BrN3O3. The number of amides is 1. The van der Waals surface area contributed by atoms with Crippen LogP contribution in [0, 0.1) is 13.8 Å². The van der Waals surface area contributed by atoms with Crippen LogP contribution in [0.5, 0.6) is 0 Å². The molecule has 0 fully saturated rings. The number of hydrogen-bond acceptors (Lipinski definition) is 3. The highest BCUT2D eigenvalue weighted by Gasteiger charge is 2.13. The monoisotopic (exact) mass is 441 g/mol. The number of aromatic nitrogens is 2. The molecule has 0 saturated carbocycles. The largest absolute Gasteiger partial charge is 0.331 e. The van der Waals surface area contributed by atoms with E-state index in [1.54, 1.807) is 0 Å². The third kappa shape index (κ3) is 4.48. The van der Waals surface area contributed by atoms with Crippen LogP contribution in [0.25, 0.3) is 0 Å². The van der Waals surface area contributed by atoms with E-state index in [0.717, 1.165) is 25.7 Å². The molecule has 7 heteroatoms. The molecule has 0 atom stereocenters. The number of benzene rings is 2. The Kier molecular flexibility index (Phi) is 5.94. The van der Waals surface area contributed by atoms with Gasteiger partial charge in [-0.2, -0.15) is 0 Å². The minimum Gasteiger partial charge on any atom is -0.324 e. The summed E-state index contributed by atoms with van der Waals surface area (Å²) < 4.78 is 3.28. The maximum atomic E-state index is 12.7. The zero-order valence-corrected chi connectivity index (χ0v) is 17.2. The van der Waals surface area contributed by atoms with E-state index in [1.165, 1.54) is 16.8 Å². The van der Waals surface area contributed by atoms with Crippen molar-refractivity contribution in [2.45, 2.75) is 26.9 Å². The second-order valence-corrected chi connectivity index (χ2v) is 7.51. The lowest BCUT2D eigenvalue weighted by Crippen LogP contribution is -2.42. The van der Waals surface area contributed by atoms with Gasteiger partial charge in [0.2, 0.25) is 5.91 Å². The number of hydrogen-bond donors (Lipinski definition) is 1. The molecule has 28 heavy (non-hydrogen) atoms. The van der Waals surface area contributed by atoms with Gasteiger partial charge >= 0.3 is 5.69 Å². The van der Waals surface area contributed by atoms with Crippen LogP contribution in [0.4, 0.5) is 5.69 Å². The Hall–Kier alpha value is -2.93. The molecule has 0 saturated heterocycles. The van der Waals surface area contributed by atoms with E-state index in [9.17, 15) is 14.4 Å². The van der Waals surface area contributed by atoms with Crippen LogP contribution >= 0.6 is 15.9 Å².